The van der Waals surface area contributed by atoms with E-state index in [1.807, 2.05) is 6.07 Å². The van der Waals surface area contributed by atoms with Crippen LogP contribution in [0.5, 0.6) is 0 Å². The molecule has 1 aromatic rings. The second-order valence-corrected chi connectivity index (χ2v) is 7.00. The molecule has 8 nitrogen and oxygen atoms in total. The Kier molecular flexibility index (Phi) is 7.15. The lowest BCUT2D eigenvalue weighted by atomic mass is 9.90. The number of nitriles is 1. The van der Waals surface area contributed by atoms with Gasteiger partial charge in [-0.3, -0.25) is 14.9 Å². The Morgan fingerprint density at radius 1 is 1.38 bits per heavy atom. The van der Waals surface area contributed by atoms with Crippen LogP contribution in [0.25, 0.3) is 0 Å². The van der Waals surface area contributed by atoms with Gasteiger partial charge in [0.25, 0.3) is 11.6 Å². The fourth-order valence-electron chi connectivity index (χ4n) is 1.90. The summed E-state index contributed by atoms with van der Waals surface area (Å²) in [5.74, 6) is -1.63. The molecule has 1 amide bonds. The molecule has 0 heterocycles. The number of ether oxygens (including phenoxy) is 1. The van der Waals surface area contributed by atoms with Gasteiger partial charge in [-0.2, -0.15) is 5.26 Å². The largest absolute Gasteiger partial charge is 0.449 e. The highest BCUT2D eigenvalue weighted by molar-refractivity contribution is 7.98. The first kappa shape index (κ1) is 21.4. The van der Waals surface area contributed by atoms with Crippen LogP contribution in [-0.4, -0.2) is 34.7 Å². The number of benzene rings is 1. The second kappa shape index (κ2) is 8.67. The molecule has 0 aliphatic rings. The molecule has 1 rings (SSSR count). The van der Waals surface area contributed by atoms with Gasteiger partial charge < -0.3 is 10.1 Å². The highest BCUT2D eigenvalue weighted by atomic mass is 32.2. The summed E-state index contributed by atoms with van der Waals surface area (Å²) in [7, 11) is 0. The maximum atomic E-state index is 12.2. The maximum Gasteiger partial charge on any atom is 0.339 e. The minimum Gasteiger partial charge on any atom is -0.449 e. The van der Waals surface area contributed by atoms with E-state index in [0.29, 0.717) is 4.90 Å². The van der Waals surface area contributed by atoms with Crippen molar-refractivity contribution in [1.29, 1.82) is 5.26 Å². The molecule has 1 N–H and O–H groups in total. The Morgan fingerprint density at radius 2 is 2.00 bits per heavy atom. The molecule has 0 saturated carbocycles. The van der Waals surface area contributed by atoms with Crippen molar-refractivity contribution in [2.45, 2.75) is 44.2 Å². The number of hydrogen-bond donors (Lipinski definition) is 1. The lowest BCUT2D eigenvalue weighted by molar-refractivity contribution is -0.387. The number of thioether (sulfide) groups is 1. The summed E-state index contributed by atoms with van der Waals surface area (Å²) in [6, 6.07) is 6.01. The van der Waals surface area contributed by atoms with Crippen LogP contribution in [0.15, 0.2) is 23.1 Å². The number of nitrogens with zero attached hydrogens (tertiary/aromatic N) is 2. The van der Waals surface area contributed by atoms with Gasteiger partial charge in [-0.25, -0.2) is 4.79 Å². The minimum atomic E-state index is -1.16. The molecular formula is C17H21N3O5S. The van der Waals surface area contributed by atoms with Gasteiger partial charge in [0.05, 0.1) is 21.5 Å². The van der Waals surface area contributed by atoms with Gasteiger partial charge in [0, 0.05) is 6.07 Å². The topological polar surface area (TPSA) is 122 Å². The van der Waals surface area contributed by atoms with E-state index in [1.54, 1.807) is 27.0 Å². The van der Waals surface area contributed by atoms with Crippen molar-refractivity contribution in [2.24, 2.45) is 5.92 Å². The van der Waals surface area contributed by atoms with Crippen molar-refractivity contribution in [3.63, 3.8) is 0 Å². The Morgan fingerprint density at radius 3 is 2.46 bits per heavy atom. The van der Waals surface area contributed by atoms with E-state index in [-0.39, 0.29) is 17.2 Å². The maximum absolute atomic E-state index is 12.2. The summed E-state index contributed by atoms with van der Waals surface area (Å²) < 4.78 is 5.09. The monoisotopic (exact) mass is 379 g/mol. The number of nitrogens with one attached hydrogen (secondary N) is 1. The first-order valence-electron chi connectivity index (χ1n) is 7.82. The van der Waals surface area contributed by atoms with E-state index >= 15 is 0 Å². The molecule has 0 fully saturated rings. The Labute approximate surface area is 156 Å². The van der Waals surface area contributed by atoms with Crippen LogP contribution in [0.2, 0.25) is 0 Å². The van der Waals surface area contributed by atoms with E-state index in [9.17, 15) is 25.0 Å². The van der Waals surface area contributed by atoms with Crippen LogP contribution in [0.4, 0.5) is 5.69 Å². The molecule has 26 heavy (non-hydrogen) atoms. The zero-order chi connectivity index (χ0) is 20.1. The third kappa shape index (κ3) is 4.95. The molecule has 0 bridgehead atoms. The number of esters is 1. The fraction of sp³-hybridized carbons (Fsp3) is 0.471. The molecular weight excluding hydrogens is 358 g/mol. The normalized spacial score (nSPS) is 14.0. The Hall–Kier alpha value is -2.60. The van der Waals surface area contributed by atoms with Crippen LogP contribution < -0.4 is 5.32 Å². The zero-order valence-corrected chi connectivity index (χ0v) is 16.0. The van der Waals surface area contributed by atoms with Gasteiger partial charge in [-0.15, -0.1) is 11.8 Å². The number of rotatable bonds is 7. The summed E-state index contributed by atoms with van der Waals surface area (Å²) >= 11 is 1.19. The molecule has 0 unspecified atom stereocenters. The molecule has 0 spiro atoms. The molecule has 0 aliphatic carbocycles. The number of nitro groups is 1. The predicted octanol–water partition coefficient (Wildman–Crippen LogP) is 2.92. The average molecular weight is 379 g/mol. The van der Waals surface area contributed by atoms with Gasteiger partial charge in [0.15, 0.2) is 6.10 Å². The second-order valence-electron chi connectivity index (χ2n) is 6.15. The molecule has 0 aromatic heterocycles. The highest BCUT2D eigenvalue weighted by Crippen LogP contribution is 2.28. The van der Waals surface area contributed by atoms with Crippen LogP contribution in [0.3, 0.4) is 0 Å². The molecule has 0 saturated heterocycles. The summed E-state index contributed by atoms with van der Waals surface area (Å²) in [5, 5.41) is 22.9. The summed E-state index contributed by atoms with van der Waals surface area (Å²) in [6.07, 6.45) is 0.529. The molecule has 140 valence electrons. The van der Waals surface area contributed by atoms with E-state index in [4.69, 9.17) is 4.74 Å². The predicted molar refractivity (Wildman–Crippen MR) is 96.8 cm³/mol. The number of amides is 1. The van der Waals surface area contributed by atoms with E-state index < -0.39 is 28.4 Å². The summed E-state index contributed by atoms with van der Waals surface area (Å²) in [5.41, 5.74) is -1.33. The first-order valence-corrected chi connectivity index (χ1v) is 9.04. The first-order chi connectivity index (χ1) is 12.1. The Bertz CT molecular complexity index is 759. The third-order valence-electron chi connectivity index (χ3n) is 4.03. The highest BCUT2D eigenvalue weighted by Gasteiger charge is 2.32. The average Bonchev–Trinajstić information content (AvgIpc) is 2.60. The summed E-state index contributed by atoms with van der Waals surface area (Å²) in [4.78, 5) is 35.3. The van der Waals surface area contributed by atoms with Crippen LogP contribution in [-0.2, 0) is 9.53 Å². The quantitative estimate of drug-likeness (QED) is 0.334. The van der Waals surface area contributed by atoms with E-state index in [1.165, 1.54) is 30.8 Å². The molecule has 1 aromatic carbocycles. The number of nitro benzene ring substituents is 1. The lowest BCUT2D eigenvalue weighted by Crippen LogP contribution is -2.52. The number of carbonyl (C=O) groups is 2. The van der Waals surface area contributed by atoms with Gasteiger partial charge in [-0.05, 0) is 38.2 Å². The lowest BCUT2D eigenvalue weighted by Gasteiger charge is -2.28. The molecule has 9 heteroatoms. The van der Waals surface area contributed by atoms with Crippen molar-refractivity contribution < 1.29 is 19.2 Å². The van der Waals surface area contributed by atoms with E-state index in [2.05, 4.69) is 5.32 Å². The van der Waals surface area contributed by atoms with Gasteiger partial charge >= 0.3 is 5.97 Å². The zero-order valence-electron chi connectivity index (χ0n) is 15.2. The van der Waals surface area contributed by atoms with E-state index in [0.717, 1.165) is 6.07 Å². The molecule has 0 aliphatic heterocycles. The van der Waals surface area contributed by atoms with Crippen molar-refractivity contribution in [2.75, 3.05) is 6.26 Å². The number of carbonyl (C=O) groups excluding carboxylic acids is 2. The summed E-state index contributed by atoms with van der Waals surface area (Å²) in [6.45, 7) is 6.52. The van der Waals surface area contributed by atoms with Gasteiger partial charge in [-0.1, -0.05) is 13.8 Å². The smallest absolute Gasteiger partial charge is 0.339 e. The molecule has 0 radical (unpaired) electrons. The van der Waals surface area contributed by atoms with Crippen molar-refractivity contribution in [3.8, 4) is 6.07 Å². The minimum absolute atomic E-state index is 0.0268. The van der Waals surface area contributed by atoms with Gasteiger partial charge in [0.1, 0.15) is 5.54 Å². The third-order valence-corrected chi connectivity index (χ3v) is 4.82. The fourth-order valence-corrected chi connectivity index (χ4v) is 2.45. The standard InChI is InChI=1S/C17H21N3O5S/c1-10(2)17(4,9-18)19-15(21)11(3)25-16(22)12-6-7-14(26-5)13(8-12)20(23)24/h6-8,10-11H,1-5H3,(H,19,21)/t11-,17+/m1/s1. The van der Waals surface area contributed by atoms with Crippen LogP contribution >= 0.6 is 11.8 Å². The van der Waals surface area contributed by atoms with Crippen molar-refractivity contribution >= 4 is 29.3 Å². The Balaban J connectivity index is 2.91. The SMILES string of the molecule is CSc1ccc(C(=O)O[C@H](C)C(=O)N[C@@](C)(C#N)C(C)C)cc1[N+](=O)[O-]. The van der Waals surface area contributed by atoms with Crippen molar-refractivity contribution in [3.05, 3.63) is 33.9 Å². The molecule has 2 atom stereocenters. The van der Waals surface area contributed by atoms with Crippen LogP contribution in [0, 0.1) is 27.4 Å². The van der Waals surface area contributed by atoms with Crippen LogP contribution in [0.1, 0.15) is 38.1 Å². The van der Waals surface area contributed by atoms with Gasteiger partial charge in [0.2, 0.25) is 0 Å². The van der Waals surface area contributed by atoms with Crippen molar-refractivity contribution in [1.82, 2.24) is 5.32 Å². The number of hydrogen-bond acceptors (Lipinski definition) is 7.